The minimum absolute atomic E-state index is 0.273. The van der Waals surface area contributed by atoms with Crippen molar-refractivity contribution in [1.82, 2.24) is 0 Å². The van der Waals surface area contributed by atoms with E-state index in [1.54, 1.807) is 0 Å². The molecule has 2 atom stereocenters. The van der Waals surface area contributed by atoms with E-state index >= 15 is 0 Å². The third-order valence-corrected chi connectivity index (χ3v) is 1.84. The second-order valence-corrected chi connectivity index (χ2v) is 2.66. The van der Waals surface area contributed by atoms with Gasteiger partial charge in [0.15, 0.2) is 0 Å². The predicted molar refractivity (Wildman–Crippen MR) is 35.1 cm³/mol. The van der Waals surface area contributed by atoms with Gasteiger partial charge in [0.25, 0.3) is 0 Å². The summed E-state index contributed by atoms with van der Waals surface area (Å²) in [6.45, 7) is 2.01. The monoisotopic (exact) mass is 144 g/mol. The first-order chi connectivity index (χ1) is 4.72. The fraction of sp³-hybridized carbons (Fsp3) is 0.857. The molecule has 0 saturated carbocycles. The molecule has 1 rings (SSSR count). The van der Waals surface area contributed by atoms with Gasteiger partial charge in [-0.1, -0.05) is 13.3 Å². The first-order valence-electron chi connectivity index (χ1n) is 3.60. The zero-order chi connectivity index (χ0) is 7.56. The molecule has 0 bridgehead atoms. The minimum Gasteiger partial charge on any atom is -0.436 e. The van der Waals surface area contributed by atoms with E-state index < -0.39 is 6.29 Å². The number of aliphatic hydroxyl groups excluding tert-OH is 1. The highest BCUT2D eigenvalue weighted by Crippen LogP contribution is 2.21. The van der Waals surface area contributed by atoms with Gasteiger partial charge in [-0.3, -0.25) is 4.79 Å². The summed E-state index contributed by atoms with van der Waals surface area (Å²) < 4.78 is 4.53. The summed E-state index contributed by atoms with van der Waals surface area (Å²) in [5, 5.41) is 8.94. The molecule has 10 heavy (non-hydrogen) atoms. The smallest absolute Gasteiger partial charge is 0.308 e. The summed E-state index contributed by atoms with van der Waals surface area (Å²) in [5.74, 6) is 0.0434. The van der Waals surface area contributed by atoms with E-state index in [9.17, 15) is 4.79 Å². The highest BCUT2D eigenvalue weighted by atomic mass is 16.6. The van der Waals surface area contributed by atoms with Crippen LogP contribution in [0.2, 0.25) is 0 Å². The van der Waals surface area contributed by atoms with Gasteiger partial charge >= 0.3 is 5.97 Å². The molecule has 3 nitrogen and oxygen atoms in total. The van der Waals surface area contributed by atoms with Crippen molar-refractivity contribution in [2.75, 3.05) is 0 Å². The Hall–Kier alpha value is -0.570. The summed E-state index contributed by atoms with van der Waals surface area (Å²) in [6.07, 6.45) is 1.15. The maximum absolute atomic E-state index is 10.7. The Morgan fingerprint density at radius 2 is 2.50 bits per heavy atom. The molecule has 3 heteroatoms. The molecule has 1 aliphatic rings. The van der Waals surface area contributed by atoms with Gasteiger partial charge in [0.05, 0.1) is 0 Å². The molecule has 1 N–H and O–H groups in total. The van der Waals surface area contributed by atoms with Gasteiger partial charge in [-0.15, -0.1) is 0 Å². The van der Waals surface area contributed by atoms with E-state index in [4.69, 9.17) is 5.11 Å². The van der Waals surface area contributed by atoms with Gasteiger partial charge in [-0.2, -0.15) is 0 Å². The number of esters is 1. The lowest BCUT2D eigenvalue weighted by atomic mass is 9.96. The van der Waals surface area contributed by atoms with Crippen LogP contribution in [0.4, 0.5) is 0 Å². The molecule has 2 unspecified atom stereocenters. The van der Waals surface area contributed by atoms with Gasteiger partial charge in [-0.05, 0) is 5.92 Å². The fourth-order valence-electron chi connectivity index (χ4n) is 1.16. The van der Waals surface area contributed by atoms with E-state index in [0.29, 0.717) is 18.8 Å². The SMILES string of the molecule is CCC1CC(=O)OC(O)C1. The Balaban J connectivity index is 2.42. The molecule has 0 spiro atoms. The molecule has 0 aliphatic carbocycles. The highest BCUT2D eigenvalue weighted by Gasteiger charge is 2.25. The van der Waals surface area contributed by atoms with Crippen LogP contribution in [0.25, 0.3) is 0 Å². The number of hydrogen-bond donors (Lipinski definition) is 1. The Kier molecular flexibility index (Phi) is 2.27. The topological polar surface area (TPSA) is 46.5 Å². The summed E-state index contributed by atoms with van der Waals surface area (Å²) in [5.41, 5.74) is 0. The lowest BCUT2D eigenvalue weighted by Gasteiger charge is -2.23. The molecule has 0 radical (unpaired) electrons. The Bertz CT molecular complexity index is 133. The van der Waals surface area contributed by atoms with Crippen LogP contribution < -0.4 is 0 Å². The van der Waals surface area contributed by atoms with Crippen LogP contribution in [0.5, 0.6) is 0 Å². The van der Waals surface area contributed by atoms with Gasteiger partial charge in [0.1, 0.15) is 0 Å². The first-order valence-corrected chi connectivity index (χ1v) is 3.60. The second-order valence-electron chi connectivity index (χ2n) is 2.66. The molecule has 0 aromatic carbocycles. The van der Waals surface area contributed by atoms with Crippen molar-refractivity contribution in [2.24, 2.45) is 5.92 Å². The molecular weight excluding hydrogens is 132 g/mol. The molecular formula is C7H12O3. The fourth-order valence-corrected chi connectivity index (χ4v) is 1.16. The van der Waals surface area contributed by atoms with Gasteiger partial charge in [0.2, 0.25) is 6.29 Å². The third kappa shape index (κ3) is 1.70. The molecule has 1 fully saturated rings. The largest absolute Gasteiger partial charge is 0.436 e. The molecule has 1 heterocycles. The predicted octanol–water partition coefficient (Wildman–Crippen LogP) is 0.668. The molecule has 58 valence electrons. The lowest BCUT2D eigenvalue weighted by molar-refractivity contribution is -0.181. The van der Waals surface area contributed by atoms with Crippen LogP contribution in [0, 0.1) is 5.92 Å². The Morgan fingerprint density at radius 3 is 3.00 bits per heavy atom. The summed E-state index contributed by atoms with van der Waals surface area (Å²) >= 11 is 0. The number of rotatable bonds is 1. The van der Waals surface area contributed by atoms with E-state index in [1.807, 2.05) is 6.92 Å². The van der Waals surface area contributed by atoms with Gasteiger partial charge in [0, 0.05) is 12.8 Å². The second kappa shape index (κ2) is 3.01. The number of carbonyl (C=O) groups is 1. The van der Waals surface area contributed by atoms with E-state index in [1.165, 1.54) is 0 Å². The van der Waals surface area contributed by atoms with Crippen LogP contribution in [0.3, 0.4) is 0 Å². The summed E-state index contributed by atoms with van der Waals surface area (Å²) in [4.78, 5) is 10.7. The van der Waals surface area contributed by atoms with Crippen LogP contribution in [0.15, 0.2) is 0 Å². The average molecular weight is 144 g/mol. The Morgan fingerprint density at radius 1 is 1.80 bits per heavy atom. The summed E-state index contributed by atoms with van der Waals surface area (Å²) in [7, 11) is 0. The highest BCUT2D eigenvalue weighted by molar-refractivity contribution is 5.70. The van der Waals surface area contributed by atoms with Crippen molar-refractivity contribution in [2.45, 2.75) is 32.5 Å². The zero-order valence-corrected chi connectivity index (χ0v) is 6.04. The molecule has 0 aromatic rings. The van der Waals surface area contributed by atoms with Crippen LogP contribution in [0.1, 0.15) is 26.2 Å². The number of hydrogen-bond acceptors (Lipinski definition) is 3. The maximum Gasteiger partial charge on any atom is 0.308 e. The van der Waals surface area contributed by atoms with Crippen LogP contribution in [-0.2, 0) is 9.53 Å². The van der Waals surface area contributed by atoms with E-state index in [0.717, 1.165) is 6.42 Å². The molecule has 1 saturated heterocycles. The number of cyclic esters (lactones) is 1. The van der Waals surface area contributed by atoms with Crippen LogP contribution >= 0.6 is 0 Å². The normalized spacial score (nSPS) is 33.6. The van der Waals surface area contributed by atoms with E-state index in [-0.39, 0.29) is 5.97 Å². The number of ether oxygens (including phenoxy) is 1. The average Bonchev–Trinajstić information content (AvgIpc) is 1.85. The molecule has 0 amide bonds. The first kappa shape index (κ1) is 7.54. The maximum atomic E-state index is 10.7. The van der Waals surface area contributed by atoms with Gasteiger partial charge < -0.3 is 9.84 Å². The summed E-state index contributed by atoms with van der Waals surface area (Å²) in [6, 6.07) is 0. The minimum atomic E-state index is -0.855. The zero-order valence-electron chi connectivity index (χ0n) is 6.04. The van der Waals surface area contributed by atoms with Gasteiger partial charge in [-0.25, -0.2) is 0 Å². The standard InChI is InChI=1S/C7H12O3/c1-2-5-3-6(8)10-7(9)4-5/h5-6,8H,2-4H2,1H3. The van der Waals surface area contributed by atoms with E-state index in [2.05, 4.69) is 4.74 Å². The van der Waals surface area contributed by atoms with Crippen molar-refractivity contribution in [3.8, 4) is 0 Å². The molecule has 1 aliphatic heterocycles. The third-order valence-electron chi connectivity index (χ3n) is 1.84. The lowest BCUT2D eigenvalue weighted by Crippen LogP contribution is -2.28. The van der Waals surface area contributed by atoms with Crippen molar-refractivity contribution >= 4 is 5.97 Å². The number of aliphatic hydroxyl groups is 1. The van der Waals surface area contributed by atoms with Crippen molar-refractivity contribution in [1.29, 1.82) is 0 Å². The Labute approximate surface area is 60.0 Å². The van der Waals surface area contributed by atoms with Crippen molar-refractivity contribution in [3.63, 3.8) is 0 Å². The van der Waals surface area contributed by atoms with Crippen molar-refractivity contribution < 1.29 is 14.6 Å². The van der Waals surface area contributed by atoms with Crippen molar-refractivity contribution in [3.05, 3.63) is 0 Å². The van der Waals surface area contributed by atoms with Crippen LogP contribution in [-0.4, -0.2) is 17.4 Å². The molecule has 0 aromatic heterocycles. The quantitative estimate of drug-likeness (QED) is 0.550. The number of carbonyl (C=O) groups excluding carboxylic acids is 1.